The van der Waals surface area contributed by atoms with Gasteiger partial charge in [-0.3, -0.25) is 0 Å². The monoisotopic (exact) mass is 908 g/mol. The maximum atomic E-state index is 2.41. The van der Waals surface area contributed by atoms with Crippen LogP contribution in [-0.4, -0.2) is 0 Å². The van der Waals surface area contributed by atoms with Crippen molar-refractivity contribution in [1.29, 1.82) is 0 Å². The molecule has 0 atom stereocenters. The smallest absolute Gasteiger partial charge is 0.0491 e. The second-order valence-electron chi connectivity index (χ2n) is 18.0. The van der Waals surface area contributed by atoms with Gasteiger partial charge in [-0.05, 0) is 180 Å². The van der Waals surface area contributed by atoms with Crippen LogP contribution < -0.4 is 9.80 Å². The number of nitrogens with zero attached hydrogens (tertiary/aromatic N) is 2. The lowest BCUT2D eigenvalue weighted by Crippen LogP contribution is -2.13. The summed E-state index contributed by atoms with van der Waals surface area (Å²) in [6, 6.07) is 80.6. The first-order valence-electron chi connectivity index (χ1n) is 23.3. The molecule has 12 rings (SSSR count). The van der Waals surface area contributed by atoms with Gasteiger partial charge in [-0.2, -0.15) is 0 Å². The average molecular weight is 909 g/mol. The molecule has 0 aliphatic heterocycles. The van der Waals surface area contributed by atoms with Crippen LogP contribution in [0.1, 0.15) is 22.3 Å². The molecular weight excluding hydrogens is 861 g/mol. The van der Waals surface area contributed by atoms with E-state index >= 15 is 0 Å². The van der Waals surface area contributed by atoms with Crippen LogP contribution in [0.3, 0.4) is 0 Å². The largest absolute Gasteiger partial charge is 0.310 e. The molecule has 2 heterocycles. The van der Waals surface area contributed by atoms with E-state index in [1.165, 1.54) is 107 Å². The summed E-state index contributed by atoms with van der Waals surface area (Å²) in [7, 11) is 0. The minimum Gasteiger partial charge on any atom is -0.310 e. The van der Waals surface area contributed by atoms with E-state index in [0.717, 1.165) is 22.7 Å². The molecule has 0 aliphatic carbocycles. The van der Waals surface area contributed by atoms with Gasteiger partial charge in [0.1, 0.15) is 0 Å². The fourth-order valence-corrected chi connectivity index (χ4v) is 12.2. The number of hydrogen-bond donors (Lipinski definition) is 0. The van der Waals surface area contributed by atoms with E-state index in [2.05, 4.69) is 256 Å². The summed E-state index contributed by atoms with van der Waals surface area (Å²) in [6.45, 7) is 8.88. The molecule has 0 amide bonds. The van der Waals surface area contributed by atoms with Crippen molar-refractivity contribution in [2.24, 2.45) is 0 Å². The lowest BCUT2D eigenvalue weighted by molar-refractivity contribution is 1.22. The Balaban J connectivity index is 0.864. The van der Waals surface area contributed by atoms with E-state index in [9.17, 15) is 0 Å². The van der Waals surface area contributed by atoms with Gasteiger partial charge in [0.25, 0.3) is 0 Å². The Kier molecular flexibility index (Phi) is 10.5. The minimum atomic E-state index is 1.13. The number of fused-ring (bicyclic) bond motifs is 6. The Bertz CT molecular complexity index is 3600. The van der Waals surface area contributed by atoms with Crippen LogP contribution in [-0.2, 0) is 0 Å². The molecule has 0 spiro atoms. The summed E-state index contributed by atoms with van der Waals surface area (Å²) in [5, 5.41) is 5.29. The molecule has 0 aliphatic rings. The van der Waals surface area contributed by atoms with Crippen LogP contribution >= 0.6 is 22.7 Å². The summed E-state index contributed by atoms with van der Waals surface area (Å²) in [5.74, 6) is 0. The summed E-state index contributed by atoms with van der Waals surface area (Å²) >= 11 is 3.72. The van der Waals surface area contributed by atoms with Crippen LogP contribution in [0.15, 0.2) is 218 Å². The van der Waals surface area contributed by atoms with E-state index in [1.54, 1.807) is 0 Å². The van der Waals surface area contributed by atoms with Crippen molar-refractivity contribution in [3.8, 4) is 33.4 Å². The van der Waals surface area contributed by atoms with E-state index in [1.807, 2.05) is 22.7 Å². The third kappa shape index (κ3) is 7.43. The first-order valence-corrected chi connectivity index (χ1v) is 24.9. The predicted molar refractivity (Wildman–Crippen MR) is 297 cm³/mol. The summed E-state index contributed by atoms with van der Waals surface area (Å²) in [4.78, 5) is 4.83. The topological polar surface area (TPSA) is 6.48 Å². The Morgan fingerprint density at radius 2 is 0.574 bits per heavy atom. The van der Waals surface area contributed by atoms with Crippen molar-refractivity contribution in [3.05, 3.63) is 241 Å². The first kappa shape index (κ1) is 41.7. The Hall–Kier alpha value is -7.76. The van der Waals surface area contributed by atoms with Crippen LogP contribution in [0.5, 0.6) is 0 Å². The molecular formula is C64H48N2S2. The maximum absolute atomic E-state index is 2.41. The van der Waals surface area contributed by atoms with Gasteiger partial charge in [-0.15, -0.1) is 22.7 Å². The van der Waals surface area contributed by atoms with Crippen molar-refractivity contribution in [2.45, 2.75) is 27.7 Å². The average Bonchev–Trinajstić information content (AvgIpc) is 3.94. The number of para-hydroxylation sites is 2. The second kappa shape index (κ2) is 17.2. The Morgan fingerprint density at radius 3 is 0.985 bits per heavy atom. The molecule has 4 heteroatoms. The highest BCUT2D eigenvalue weighted by molar-refractivity contribution is 7.26. The fourth-order valence-electron chi connectivity index (χ4n) is 10.0. The van der Waals surface area contributed by atoms with Gasteiger partial charge in [0.05, 0.1) is 0 Å². The Morgan fingerprint density at radius 1 is 0.250 bits per heavy atom. The van der Waals surface area contributed by atoms with E-state index in [0.29, 0.717) is 0 Å². The lowest BCUT2D eigenvalue weighted by Gasteiger charge is -2.29. The van der Waals surface area contributed by atoms with E-state index in [-0.39, 0.29) is 0 Å². The van der Waals surface area contributed by atoms with Gasteiger partial charge in [0.15, 0.2) is 0 Å². The lowest BCUT2D eigenvalue weighted by atomic mass is 9.97. The zero-order chi connectivity index (χ0) is 45.9. The third-order valence-electron chi connectivity index (χ3n) is 13.6. The van der Waals surface area contributed by atoms with Crippen molar-refractivity contribution in [1.82, 2.24) is 0 Å². The standard InChI is InChI=1S/C64H48N2S2/c1-41-13-5-9-17-57(41)65(51-29-21-45(22-30-51)49-27-35-63-55(39-49)53-15-7-11-19-61(53)67-63)59-33-25-47(37-43(59)3)48-26-34-60(44(4)38-48)66(58-18-10-6-14-42(58)2)52-31-23-46(24-32-52)50-28-36-64-56(40-50)54-16-8-12-20-62(54)68-64/h5-40H,1-4H3. The van der Waals surface area contributed by atoms with Gasteiger partial charge in [0.2, 0.25) is 0 Å². The van der Waals surface area contributed by atoms with Gasteiger partial charge in [-0.1, -0.05) is 121 Å². The normalized spacial score (nSPS) is 11.5. The van der Waals surface area contributed by atoms with E-state index in [4.69, 9.17) is 0 Å². The molecule has 0 unspecified atom stereocenters. The van der Waals surface area contributed by atoms with Crippen LogP contribution in [0.4, 0.5) is 34.1 Å². The molecule has 0 saturated carbocycles. The number of benzene rings is 10. The van der Waals surface area contributed by atoms with Crippen LogP contribution in [0, 0.1) is 27.7 Å². The van der Waals surface area contributed by atoms with Crippen molar-refractivity contribution >= 4 is 97.1 Å². The fraction of sp³-hybridized carbons (Fsp3) is 0.0625. The molecule has 0 bridgehead atoms. The maximum Gasteiger partial charge on any atom is 0.0491 e. The third-order valence-corrected chi connectivity index (χ3v) is 15.9. The van der Waals surface area contributed by atoms with E-state index < -0.39 is 0 Å². The van der Waals surface area contributed by atoms with Crippen molar-refractivity contribution in [3.63, 3.8) is 0 Å². The van der Waals surface area contributed by atoms with Crippen LogP contribution in [0.25, 0.3) is 73.7 Å². The number of thiophene rings is 2. The molecule has 0 saturated heterocycles. The zero-order valence-electron chi connectivity index (χ0n) is 38.5. The highest BCUT2D eigenvalue weighted by atomic mass is 32.1. The number of anilines is 6. The quantitative estimate of drug-likeness (QED) is 0.142. The molecule has 2 nitrogen and oxygen atoms in total. The van der Waals surface area contributed by atoms with Gasteiger partial charge in [0, 0.05) is 74.5 Å². The van der Waals surface area contributed by atoms with Crippen LogP contribution in [0.2, 0.25) is 0 Å². The number of aryl methyl sites for hydroxylation is 4. The van der Waals surface area contributed by atoms with Gasteiger partial charge in [-0.25, -0.2) is 0 Å². The molecule has 68 heavy (non-hydrogen) atoms. The van der Waals surface area contributed by atoms with Gasteiger partial charge < -0.3 is 9.80 Å². The molecule has 0 N–H and O–H groups in total. The highest BCUT2D eigenvalue weighted by Gasteiger charge is 2.20. The molecule has 0 radical (unpaired) electrons. The minimum absolute atomic E-state index is 1.13. The molecule has 0 fully saturated rings. The number of rotatable bonds is 9. The zero-order valence-corrected chi connectivity index (χ0v) is 40.1. The molecule has 326 valence electrons. The predicted octanol–water partition coefficient (Wildman–Crippen LogP) is 19.6. The first-order chi connectivity index (χ1) is 33.3. The second-order valence-corrected chi connectivity index (χ2v) is 20.1. The van der Waals surface area contributed by atoms with Crippen molar-refractivity contribution in [2.75, 3.05) is 9.80 Å². The summed E-state index contributed by atoms with van der Waals surface area (Å²) in [6.07, 6.45) is 0. The summed E-state index contributed by atoms with van der Waals surface area (Å²) < 4.78 is 5.31. The SMILES string of the molecule is Cc1ccccc1N(c1ccc(-c2ccc3sc4ccccc4c3c2)cc1)c1ccc(-c2ccc(N(c3ccc(-c4ccc5sc6ccccc6c5c4)cc3)c3ccccc3C)c(C)c2)cc1C. The molecule has 2 aromatic heterocycles. The van der Waals surface area contributed by atoms with Gasteiger partial charge >= 0.3 is 0 Å². The summed E-state index contributed by atoms with van der Waals surface area (Å²) in [5.41, 5.74) is 19.0. The highest BCUT2D eigenvalue weighted by Crippen LogP contribution is 2.44. The molecule has 10 aromatic carbocycles. The van der Waals surface area contributed by atoms with Crippen molar-refractivity contribution < 1.29 is 0 Å². The molecule has 12 aromatic rings. The number of hydrogen-bond acceptors (Lipinski definition) is 4. The Labute approximate surface area is 406 Å².